The molecule has 0 spiro atoms. The molecule has 1 aromatic carbocycles. The molecule has 0 saturated heterocycles. The van der Waals surface area contributed by atoms with Gasteiger partial charge in [-0.2, -0.15) is 5.26 Å². The van der Waals surface area contributed by atoms with E-state index in [0.29, 0.717) is 12.0 Å². The van der Waals surface area contributed by atoms with E-state index < -0.39 is 0 Å². The fourth-order valence-corrected chi connectivity index (χ4v) is 1.46. The van der Waals surface area contributed by atoms with Gasteiger partial charge in [0.2, 0.25) is 0 Å². The molecule has 3 nitrogen and oxygen atoms in total. The predicted molar refractivity (Wildman–Crippen MR) is 63.0 cm³/mol. The maximum Gasteiger partial charge on any atom is 0.251 e. The number of hydrogen-bond acceptors (Lipinski definition) is 2. The summed E-state index contributed by atoms with van der Waals surface area (Å²) in [6.07, 6.45) is 1.12. The van der Waals surface area contributed by atoms with Gasteiger partial charge in [-0.15, -0.1) is 0 Å². The van der Waals surface area contributed by atoms with Crippen molar-refractivity contribution in [2.75, 3.05) is 0 Å². The van der Waals surface area contributed by atoms with Crippen LogP contribution in [0.5, 0.6) is 0 Å². The van der Waals surface area contributed by atoms with Crippen LogP contribution in [0, 0.1) is 18.3 Å². The third-order valence-electron chi connectivity index (χ3n) is 2.45. The van der Waals surface area contributed by atoms with Crippen molar-refractivity contribution in [1.29, 1.82) is 5.26 Å². The Bertz CT molecular complexity index is 407. The average Bonchev–Trinajstić information content (AvgIpc) is 2.28. The summed E-state index contributed by atoms with van der Waals surface area (Å²) in [4.78, 5) is 11.8. The Hall–Kier alpha value is -1.82. The van der Waals surface area contributed by atoms with Gasteiger partial charge in [-0.25, -0.2) is 0 Å². The Balaban J connectivity index is 2.68. The highest BCUT2D eigenvalue weighted by molar-refractivity contribution is 5.94. The van der Waals surface area contributed by atoms with E-state index >= 15 is 0 Å². The van der Waals surface area contributed by atoms with Gasteiger partial charge in [0.25, 0.3) is 5.91 Å². The van der Waals surface area contributed by atoms with Crippen LogP contribution in [0.2, 0.25) is 0 Å². The third-order valence-corrected chi connectivity index (χ3v) is 2.45. The molecule has 0 aliphatic carbocycles. The summed E-state index contributed by atoms with van der Waals surface area (Å²) in [5.41, 5.74) is 1.71. The first-order valence-electron chi connectivity index (χ1n) is 5.41. The number of rotatable bonds is 4. The minimum absolute atomic E-state index is 0.0574. The zero-order valence-corrected chi connectivity index (χ0v) is 9.66. The van der Waals surface area contributed by atoms with Crippen LogP contribution in [-0.2, 0) is 0 Å². The van der Waals surface area contributed by atoms with Crippen molar-refractivity contribution in [2.45, 2.75) is 32.7 Å². The molecule has 16 heavy (non-hydrogen) atoms. The summed E-state index contributed by atoms with van der Waals surface area (Å²) in [7, 11) is 0. The molecule has 0 aromatic heterocycles. The molecule has 1 unspecified atom stereocenters. The van der Waals surface area contributed by atoms with Gasteiger partial charge in [-0.1, -0.05) is 24.6 Å². The summed E-state index contributed by atoms with van der Waals surface area (Å²) in [5.74, 6) is -0.106. The lowest BCUT2D eigenvalue weighted by atomic mass is 10.1. The molecule has 0 aliphatic heterocycles. The van der Waals surface area contributed by atoms with Gasteiger partial charge in [-0.05, 0) is 25.5 Å². The van der Waals surface area contributed by atoms with Gasteiger partial charge in [0, 0.05) is 11.6 Å². The largest absolute Gasteiger partial charge is 0.348 e. The second-order valence-electron chi connectivity index (χ2n) is 3.81. The predicted octanol–water partition coefficient (Wildman–Crippen LogP) is 2.42. The first-order valence-corrected chi connectivity index (χ1v) is 5.41. The van der Waals surface area contributed by atoms with Gasteiger partial charge in [0.15, 0.2) is 0 Å². The Morgan fingerprint density at radius 3 is 2.88 bits per heavy atom. The van der Waals surface area contributed by atoms with Crippen molar-refractivity contribution in [1.82, 2.24) is 5.32 Å². The topological polar surface area (TPSA) is 52.9 Å². The standard InChI is InChI=1S/C13H16N2O/c1-3-12(7-8-14)15-13(16)11-6-4-5-10(2)9-11/h4-6,9,12H,3,7H2,1-2H3,(H,15,16). The lowest BCUT2D eigenvalue weighted by Gasteiger charge is -2.13. The second kappa shape index (κ2) is 5.92. The minimum atomic E-state index is -0.106. The van der Waals surface area contributed by atoms with Crippen molar-refractivity contribution < 1.29 is 4.79 Å². The SMILES string of the molecule is CCC(CC#N)NC(=O)c1cccc(C)c1. The van der Waals surface area contributed by atoms with Gasteiger partial charge < -0.3 is 5.32 Å². The van der Waals surface area contributed by atoms with Gasteiger partial charge >= 0.3 is 0 Å². The van der Waals surface area contributed by atoms with Crippen LogP contribution < -0.4 is 5.32 Å². The molecule has 0 saturated carbocycles. The molecule has 1 aromatic rings. The number of nitriles is 1. The van der Waals surface area contributed by atoms with E-state index in [4.69, 9.17) is 5.26 Å². The Kier molecular flexibility index (Phi) is 4.53. The molecule has 3 heteroatoms. The van der Waals surface area contributed by atoms with Gasteiger partial charge in [-0.3, -0.25) is 4.79 Å². The molecule has 0 fully saturated rings. The molecule has 1 rings (SSSR count). The summed E-state index contributed by atoms with van der Waals surface area (Å²) in [5, 5.41) is 11.4. The Morgan fingerprint density at radius 1 is 1.56 bits per heavy atom. The number of carbonyl (C=O) groups is 1. The van der Waals surface area contributed by atoms with Crippen LogP contribution in [0.1, 0.15) is 35.7 Å². The molecule has 0 heterocycles. The van der Waals surface area contributed by atoms with E-state index in [-0.39, 0.29) is 11.9 Å². The van der Waals surface area contributed by atoms with Crippen molar-refractivity contribution >= 4 is 5.91 Å². The highest BCUT2D eigenvalue weighted by Crippen LogP contribution is 2.05. The molecule has 1 amide bonds. The first-order chi connectivity index (χ1) is 7.67. The smallest absolute Gasteiger partial charge is 0.251 e. The first kappa shape index (κ1) is 12.3. The highest BCUT2D eigenvalue weighted by Gasteiger charge is 2.11. The van der Waals surface area contributed by atoms with Crippen molar-refractivity contribution in [3.63, 3.8) is 0 Å². The van der Waals surface area contributed by atoms with Crippen molar-refractivity contribution in [3.05, 3.63) is 35.4 Å². The van der Waals surface area contributed by atoms with E-state index in [1.165, 1.54) is 0 Å². The number of nitrogens with zero attached hydrogens (tertiary/aromatic N) is 1. The van der Waals surface area contributed by atoms with Crippen LogP contribution in [-0.4, -0.2) is 11.9 Å². The minimum Gasteiger partial charge on any atom is -0.348 e. The quantitative estimate of drug-likeness (QED) is 0.840. The summed E-state index contributed by atoms with van der Waals surface area (Å²) in [6.45, 7) is 3.90. The van der Waals surface area contributed by atoms with E-state index in [1.807, 2.05) is 32.0 Å². The Labute approximate surface area is 96.1 Å². The average molecular weight is 216 g/mol. The second-order valence-corrected chi connectivity index (χ2v) is 3.81. The van der Waals surface area contributed by atoms with Crippen LogP contribution >= 0.6 is 0 Å². The fourth-order valence-electron chi connectivity index (χ4n) is 1.46. The van der Waals surface area contributed by atoms with Gasteiger partial charge in [0.1, 0.15) is 0 Å². The van der Waals surface area contributed by atoms with E-state index in [1.54, 1.807) is 6.07 Å². The number of hydrogen-bond donors (Lipinski definition) is 1. The third kappa shape index (κ3) is 3.39. The molecule has 0 radical (unpaired) electrons. The lowest BCUT2D eigenvalue weighted by Crippen LogP contribution is -2.34. The summed E-state index contributed by atoms with van der Waals surface area (Å²) < 4.78 is 0. The van der Waals surface area contributed by atoms with Crippen molar-refractivity contribution in [3.8, 4) is 6.07 Å². The fraction of sp³-hybridized carbons (Fsp3) is 0.385. The number of carbonyl (C=O) groups excluding carboxylic acids is 1. The van der Waals surface area contributed by atoms with Crippen molar-refractivity contribution in [2.24, 2.45) is 0 Å². The molecule has 0 bridgehead atoms. The summed E-state index contributed by atoms with van der Waals surface area (Å²) >= 11 is 0. The van der Waals surface area contributed by atoms with Crippen LogP contribution in [0.25, 0.3) is 0 Å². The molecule has 0 aliphatic rings. The zero-order valence-electron chi connectivity index (χ0n) is 9.66. The van der Waals surface area contributed by atoms with E-state index in [9.17, 15) is 4.79 Å². The lowest BCUT2D eigenvalue weighted by molar-refractivity contribution is 0.0936. The van der Waals surface area contributed by atoms with Crippen LogP contribution in [0.4, 0.5) is 0 Å². The number of aryl methyl sites for hydroxylation is 1. The molecular weight excluding hydrogens is 200 g/mol. The molecular formula is C13H16N2O. The monoisotopic (exact) mass is 216 g/mol. The number of nitrogens with one attached hydrogen (secondary N) is 1. The normalized spacial score (nSPS) is 11.6. The maximum absolute atomic E-state index is 11.8. The molecule has 1 N–H and O–H groups in total. The number of amides is 1. The van der Waals surface area contributed by atoms with E-state index in [0.717, 1.165) is 12.0 Å². The highest BCUT2D eigenvalue weighted by atomic mass is 16.1. The molecule has 1 atom stereocenters. The van der Waals surface area contributed by atoms with E-state index in [2.05, 4.69) is 11.4 Å². The zero-order chi connectivity index (χ0) is 12.0. The molecule has 84 valence electrons. The number of benzene rings is 1. The summed E-state index contributed by atoms with van der Waals surface area (Å²) in [6, 6.07) is 9.44. The van der Waals surface area contributed by atoms with Gasteiger partial charge in [0.05, 0.1) is 12.5 Å². The maximum atomic E-state index is 11.8. The van der Waals surface area contributed by atoms with Crippen LogP contribution in [0.15, 0.2) is 24.3 Å². The Morgan fingerprint density at radius 2 is 2.31 bits per heavy atom. The van der Waals surface area contributed by atoms with Crippen LogP contribution in [0.3, 0.4) is 0 Å².